The number of anilines is 2. The Hall–Kier alpha value is -2.96. The number of para-hydroxylation sites is 2. The van der Waals surface area contributed by atoms with Gasteiger partial charge in [-0.25, -0.2) is 8.78 Å². The van der Waals surface area contributed by atoms with Crippen molar-refractivity contribution < 1.29 is 23.1 Å². The summed E-state index contributed by atoms with van der Waals surface area (Å²) >= 11 is 0. The second kappa shape index (κ2) is 8.94. The van der Waals surface area contributed by atoms with Crippen LogP contribution in [0, 0.1) is 11.6 Å². The van der Waals surface area contributed by atoms with Gasteiger partial charge >= 0.3 is 0 Å². The fraction of sp³-hybridized carbons (Fsp3) is 0.263. The van der Waals surface area contributed by atoms with Gasteiger partial charge in [0.15, 0.2) is 11.6 Å². The Balaban J connectivity index is 2.04. The highest BCUT2D eigenvalue weighted by molar-refractivity contribution is 5.95. The smallest absolute Gasteiger partial charge is 0.226 e. The second-order valence-electron chi connectivity index (χ2n) is 5.50. The zero-order chi connectivity index (χ0) is 19.1. The lowest BCUT2D eigenvalue weighted by Gasteiger charge is -2.21. The third-order valence-corrected chi connectivity index (χ3v) is 3.62. The number of rotatable bonds is 7. The fourth-order valence-electron chi connectivity index (χ4n) is 2.40. The highest BCUT2D eigenvalue weighted by Crippen LogP contribution is 2.24. The first-order valence-electron chi connectivity index (χ1n) is 8.17. The minimum absolute atomic E-state index is 0.0148. The molecule has 0 saturated carbocycles. The summed E-state index contributed by atoms with van der Waals surface area (Å²) < 4.78 is 31.9. The largest absolute Gasteiger partial charge is 0.492 e. The van der Waals surface area contributed by atoms with Crippen LogP contribution >= 0.6 is 0 Å². The quantitative estimate of drug-likeness (QED) is 0.816. The molecule has 0 aliphatic heterocycles. The molecular weight excluding hydrogens is 342 g/mol. The first kappa shape index (κ1) is 19.4. The summed E-state index contributed by atoms with van der Waals surface area (Å²) in [6.45, 7) is 3.62. The first-order chi connectivity index (χ1) is 12.4. The SMILES string of the molecule is CCOc1ccccc1NC(=O)CCN(C(C)=O)c1ccc(F)c(F)c1. The van der Waals surface area contributed by atoms with E-state index in [2.05, 4.69) is 5.32 Å². The number of halogens is 2. The number of nitrogens with one attached hydrogen (secondary N) is 1. The zero-order valence-corrected chi connectivity index (χ0v) is 14.6. The fourth-order valence-corrected chi connectivity index (χ4v) is 2.40. The van der Waals surface area contributed by atoms with Crippen molar-refractivity contribution in [2.75, 3.05) is 23.4 Å². The molecule has 1 N–H and O–H groups in total. The summed E-state index contributed by atoms with van der Waals surface area (Å²) in [7, 11) is 0. The number of carbonyl (C=O) groups is 2. The lowest BCUT2D eigenvalue weighted by molar-refractivity contribution is -0.117. The molecule has 2 amide bonds. The van der Waals surface area contributed by atoms with E-state index in [9.17, 15) is 18.4 Å². The number of benzene rings is 2. The molecule has 0 atom stereocenters. The molecule has 2 aromatic rings. The highest BCUT2D eigenvalue weighted by atomic mass is 19.2. The van der Waals surface area contributed by atoms with Gasteiger partial charge in [-0.3, -0.25) is 9.59 Å². The van der Waals surface area contributed by atoms with Gasteiger partial charge in [-0.05, 0) is 31.2 Å². The second-order valence-corrected chi connectivity index (χ2v) is 5.50. The van der Waals surface area contributed by atoms with Crippen LogP contribution in [0.5, 0.6) is 5.75 Å². The van der Waals surface area contributed by atoms with Crippen molar-refractivity contribution in [3.63, 3.8) is 0 Å². The molecule has 0 heterocycles. The van der Waals surface area contributed by atoms with E-state index in [1.54, 1.807) is 24.3 Å². The molecule has 0 aliphatic carbocycles. The Morgan fingerprint density at radius 1 is 1.12 bits per heavy atom. The predicted octanol–water partition coefficient (Wildman–Crippen LogP) is 3.75. The third kappa shape index (κ3) is 5.02. The number of ether oxygens (including phenoxy) is 1. The monoisotopic (exact) mass is 362 g/mol. The van der Waals surface area contributed by atoms with Gasteiger partial charge in [0.2, 0.25) is 11.8 Å². The van der Waals surface area contributed by atoms with Gasteiger partial charge in [0.25, 0.3) is 0 Å². The van der Waals surface area contributed by atoms with Crippen LogP contribution in [-0.4, -0.2) is 25.0 Å². The van der Waals surface area contributed by atoms with E-state index in [4.69, 9.17) is 4.74 Å². The molecular formula is C19H20F2N2O3. The number of hydrogen-bond donors (Lipinski definition) is 1. The maximum Gasteiger partial charge on any atom is 0.226 e. The molecule has 0 radical (unpaired) electrons. The standard InChI is InChI=1S/C19H20F2N2O3/c1-3-26-18-7-5-4-6-17(18)22-19(25)10-11-23(13(2)24)14-8-9-15(20)16(21)12-14/h4-9,12H,3,10-11H2,1-2H3,(H,22,25). The van der Waals surface area contributed by atoms with Gasteiger partial charge in [0, 0.05) is 31.6 Å². The third-order valence-electron chi connectivity index (χ3n) is 3.62. The summed E-state index contributed by atoms with van der Waals surface area (Å²) in [5.74, 6) is -2.21. The van der Waals surface area contributed by atoms with Crippen LogP contribution in [0.1, 0.15) is 20.3 Å². The van der Waals surface area contributed by atoms with Crippen LogP contribution in [0.4, 0.5) is 20.2 Å². The Morgan fingerprint density at radius 3 is 2.50 bits per heavy atom. The number of amides is 2. The predicted molar refractivity (Wildman–Crippen MR) is 95.2 cm³/mol. The van der Waals surface area contributed by atoms with Crippen LogP contribution in [0.2, 0.25) is 0 Å². The number of nitrogens with zero attached hydrogens (tertiary/aromatic N) is 1. The molecule has 2 rings (SSSR count). The minimum atomic E-state index is -1.05. The molecule has 7 heteroatoms. The first-order valence-corrected chi connectivity index (χ1v) is 8.17. The highest BCUT2D eigenvalue weighted by Gasteiger charge is 2.16. The van der Waals surface area contributed by atoms with Crippen LogP contribution in [0.25, 0.3) is 0 Å². The van der Waals surface area contributed by atoms with Crippen LogP contribution in [-0.2, 0) is 9.59 Å². The molecule has 0 aliphatic rings. The Kier molecular flexibility index (Phi) is 6.66. The molecule has 0 saturated heterocycles. The van der Waals surface area contributed by atoms with E-state index < -0.39 is 11.6 Å². The Bertz CT molecular complexity index is 796. The maximum atomic E-state index is 13.4. The van der Waals surface area contributed by atoms with Crippen molar-refractivity contribution >= 4 is 23.2 Å². The molecule has 26 heavy (non-hydrogen) atoms. The maximum absolute atomic E-state index is 13.4. The average Bonchev–Trinajstić information content (AvgIpc) is 2.60. The van der Waals surface area contributed by atoms with Crippen molar-refractivity contribution in [3.8, 4) is 5.75 Å². The molecule has 0 aromatic heterocycles. The van der Waals surface area contributed by atoms with Crippen molar-refractivity contribution in [3.05, 3.63) is 54.1 Å². The van der Waals surface area contributed by atoms with Crippen LogP contribution in [0.15, 0.2) is 42.5 Å². The van der Waals surface area contributed by atoms with Crippen molar-refractivity contribution in [1.82, 2.24) is 0 Å². The van der Waals surface area contributed by atoms with Crippen LogP contribution in [0.3, 0.4) is 0 Å². The van der Waals surface area contributed by atoms with Gasteiger partial charge in [0.1, 0.15) is 5.75 Å². The van der Waals surface area contributed by atoms with Gasteiger partial charge < -0.3 is 15.0 Å². The van der Waals surface area contributed by atoms with E-state index in [0.717, 1.165) is 12.1 Å². The van der Waals surface area contributed by atoms with Gasteiger partial charge in [0.05, 0.1) is 12.3 Å². The van der Waals surface area contributed by atoms with E-state index in [-0.39, 0.29) is 30.5 Å². The minimum Gasteiger partial charge on any atom is -0.492 e. The molecule has 0 bridgehead atoms. The lowest BCUT2D eigenvalue weighted by atomic mass is 10.2. The summed E-state index contributed by atoms with van der Waals surface area (Å²) in [6, 6.07) is 10.2. The molecule has 0 unspecified atom stereocenters. The van der Waals surface area contributed by atoms with E-state index in [0.29, 0.717) is 18.0 Å². The molecule has 0 fully saturated rings. The molecule has 138 valence electrons. The summed E-state index contributed by atoms with van der Waals surface area (Å²) in [5, 5.41) is 2.73. The van der Waals surface area contributed by atoms with Gasteiger partial charge in [-0.1, -0.05) is 12.1 Å². The lowest BCUT2D eigenvalue weighted by Crippen LogP contribution is -2.32. The number of hydrogen-bond acceptors (Lipinski definition) is 3. The summed E-state index contributed by atoms with van der Waals surface area (Å²) in [5.41, 5.74) is 0.723. The van der Waals surface area contributed by atoms with Crippen LogP contribution < -0.4 is 15.0 Å². The Morgan fingerprint density at radius 2 is 1.85 bits per heavy atom. The van der Waals surface area contributed by atoms with E-state index >= 15 is 0 Å². The zero-order valence-electron chi connectivity index (χ0n) is 14.6. The van der Waals surface area contributed by atoms with Crippen molar-refractivity contribution in [2.45, 2.75) is 20.3 Å². The summed E-state index contributed by atoms with van der Waals surface area (Å²) in [4.78, 5) is 25.2. The average molecular weight is 362 g/mol. The summed E-state index contributed by atoms with van der Waals surface area (Å²) in [6.07, 6.45) is -0.0148. The molecule has 0 spiro atoms. The van der Waals surface area contributed by atoms with E-state index in [1.165, 1.54) is 17.9 Å². The normalized spacial score (nSPS) is 10.3. The van der Waals surface area contributed by atoms with Crippen molar-refractivity contribution in [2.24, 2.45) is 0 Å². The van der Waals surface area contributed by atoms with Gasteiger partial charge in [-0.15, -0.1) is 0 Å². The topological polar surface area (TPSA) is 58.6 Å². The number of carbonyl (C=O) groups excluding carboxylic acids is 2. The van der Waals surface area contributed by atoms with Crippen molar-refractivity contribution in [1.29, 1.82) is 0 Å². The molecule has 5 nitrogen and oxygen atoms in total. The van der Waals surface area contributed by atoms with Gasteiger partial charge in [-0.2, -0.15) is 0 Å². The Labute approximate surface area is 150 Å². The molecule has 2 aromatic carbocycles. The van der Waals surface area contributed by atoms with E-state index in [1.807, 2.05) is 6.92 Å².